The van der Waals surface area contributed by atoms with Gasteiger partial charge in [-0.05, 0) is 55.5 Å². The molecule has 4 atom stereocenters. The number of rotatable bonds is 9. The number of esters is 1. The van der Waals surface area contributed by atoms with Crippen molar-refractivity contribution >= 4 is 28.6 Å². The average Bonchev–Trinajstić information content (AvgIpc) is 2.62. The normalized spacial score (nSPS) is 22.8. The molecule has 0 radical (unpaired) electrons. The zero-order chi connectivity index (χ0) is 25.1. The quantitative estimate of drug-likeness (QED) is 0.344. The Labute approximate surface area is 196 Å². The summed E-state index contributed by atoms with van der Waals surface area (Å²) in [5, 5.41) is 10.00. The molecule has 1 rings (SSSR count). The van der Waals surface area contributed by atoms with Crippen LogP contribution in [-0.2, 0) is 27.9 Å². The highest BCUT2D eigenvalue weighted by Crippen LogP contribution is 2.42. The van der Waals surface area contributed by atoms with E-state index in [2.05, 4.69) is 54.6 Å². The highest BCUT2D eigenvalue weighted by Gasteiger charge is 2.50. The second-order valence-electron chi connectivity index (χ2n) is 12.0. The van der Waals surface area contributed by atoms with Gasteiger partial charge in [0.05, 0.1) is 25.7 Å². The van der Waals surface area contributed by atoms with Crippen LogP contribution in [0, 0.1) is 0 Å². The summed E-state index contributed by atoms with van der Waals surface area (Å²) in [5.74, 6) is -1.36. The first-order chi connectivity index (χ1) is 14.3. The highest BCUT2D eigenvalue weighted by molar-refractivity contribution is 6.74. The third-order valence-corrected chi connectivity index (χ3v) is 16.3. The Kier molecular flexibility index (Phi) is 9.77. The van der Waals surface area contributed by atoms with Crippen LogP contribution in [0.2, 0.25) is 36.3 Å². The molecule has 0 aliphatic carbocycles. The lowest BCUT2D eigenvalue weighted by molar-refractivity contribution is -0.169. The molecule has 1 heterocycles. The van der Waals surface area contributed by atoms with E-state index < -0.39 is 40.9 Å². The number of methoxy groups -OCH3 is 1. The minimum atomic E-state index is -2.40. The zero-order valence-corrected chi connectivity index (χ0v) is 24.0. The van der Waals surface area contributed by atoms with Crippen molar-refractivity contribution in [1.82, 2.24) is 0 Å². The Morgan fingerprint density at radius 3 is 1.91 bits per heavy atom. The Hall–Kier alpha value is -0.746. The van der Waals surface area contributed by atoms with Crippen molar-refractivity contribution in [2.45, 2.75) is 128 Å². The van der Waals surface area contributed by atoms with Gasteiger partial charge >= 0.3 is 11.9 Å². The van der Waals surface area contributed by atoms with Gasteiger partial charge in [0.2, 0.25) is 0 Å². The van der Waals surface area contributed by atoms with Gasteiger partial charge in [-0.3, -0.25) is 4.79 Å². The number of ether oxygens (including phenoxy) is 2. The smallest absolute Gasteiger partial charge is 0.334 e. The van der Waals surface area contributed by atoms with Crippen molar-refractivity contribution in [2.24, 2.45) is 0 Å². The summed E-state index contributed by atoms with van der Waals surface area (Å²) < 4.78 is 24.2. The van der Waals surface area contributed by atoms with Crippen LogP contribution in [-0.4, -0.2) is 65.2 Å². The van der Waals surface area contributed by atoms with E-state index in [1.165, 1.54) is 7.11 Å². The van der Waals surface area contributed by atoms with Gasteiger partial charge in [-0.15, -0.1) is 0 Å². The van der Waals surface area contributed by atoms with Gasteiger partial charge < -0.3 is 23.4 Å². The molecule has 2 unspecified atom stereocenters. The summed E-state index contributed by atoms with van der Waals surface area (Å²) in [7, 11) is -3.38. The van der Waals surface area contributed by atoms with Gasteiger partial charge in [-0.1, -0.05) is 41.5 Å². The molecule has 0 saturated carbocycles. The van der Waals surface area contributed by atoms with Crippen LogP contribution in [0.15, 0.2) is 0 Å². The predicted molar refractivity (Wildman–Crippen MR) is 131 cm³/mol. The molecular weight excluding hydrogens is 444 g/mol. The molecule has 0 aromatic heterocycles. The Morgan fingerprint density at radius 2 is 1.47 bits per heavy atom. The minimum Gasteiger partial charge on any atom is -0.479 e. The van der Waals surface area contributed by atoms with E-state index in [4.69, 9.17) is 18.3 Å². The van der Waals surface area contributed by atoms with E-state index in [-0.39, 0.29) is 28.6 Å². The lowest BCUT2D eigenvalue weighted by atomic mass is 9.96. The lowest BCUT2D eigenvalue weighted by Crippen LogP contribution is -2.58. The molecule has 0 amide bonds. The maximum atomic E-state index is 12.5. The molecule has 32 heavy (non-hydrogen) atoms. The third-order valence-electron chi connectivity index (χ3n) is 7.38. The van der Waals surface area contributed by atoms with Crippen molar-refractivity contribution in [1.29, 1.82) is 0 Å². The van der Waals surface area contributed by atoms with Crippen molar-refractivity contribution < 1.29 is 33.0 Å². The van der Waals surface area contributed by atoms with E-state index in [0.717, 1.165) is 12.8 Å². The molecule has 0 aromatic carbocycles. The molecule has 0 bridgehead atoms. The number of hydrogen-bond acceptors (Lipinski definition) is 6. The van der Waals surface area contributed by atoms with E-state index in [0.29, 0.717) is 6.42 Å². The predicted octanol–water partition coefficient (Wildman–Crippen LogP) is 5.35. The number of aliphatic carboxylic acids is 1. The maximum Gasteiger partial charge on any atom is 0.334 e. The van der Waals surface area contributed by atoms with Crippen LogP contribution < -0.4 is 0 Å². The first-order valence-electron chi connectivity index (χ1n) is 11.6. The molecule has 1 N–H and O–H groups in total. The number of hydrogen-bond donors (Lipinski definition) is 1. The zero-order valence-electron chi connectivity index (χ0n) is 22.0. The molecule has 188 valence electrons. The summed E-state index contributed by atoms with van der Waals surface area (Å²) in [6.07, 6.45) is -0.264. The topological polar surface area (TPSA) is 91.3 Å². The van der Waals surface area contributed by atoms with Crippen LogP contribution in [0.25, 0.3) is 0 Å². The van der Waals surface area contributed by atoms with E-state index in [9.17, 15) is 14.7 Å². The first kappa shape index (κ1) is 29.3. The standard InChI is InChI=1S/C23H46O7Si2/c1-22(2,3)31(8,9)29-19(17-14-12-13-16(28-17)15-18(24)27-7)20(21(25)26)30-32(10,11)23(4,5)6/h16-17,19-20H,12-15H2,1-11H3,(H,25,26)/t16-,17+,19?,20?/m1/s1. The molecular formula is C23H46O7Si2. The summed E-state index contributed by atoms with van der Waals surface area (Å²) in [4.78, 5) is 24.3. The second kappa shape index (κ2) is 10.7. The van der Waals surface area contributed by atoms with Gasteiger partial charge in [0.15, 0.2) is 22.7 Å². The molecule has 0 aromatic rings. The van der Waals surface area contributed by atoms with Crippen molar-refractivity contribution in [3.63, 3.8) is 0 Å². The van der Waals surface area contributed by atoms with E-state index in [1.807, 2.05) is 13.1 Å². The minimum absolute atomic E-state index is 0.106. The number of carbonyl (C=O) groups excluding carboxylic acids is 1. The summed E-state index contributed by atoms with van der Waals surface area (Å²) >= 11 is 0. The van der Waals surface area contributed by atoms with Crippen molar-refractivity contribution in [2.75, 3.05) is 7.11 Å². The molecule has 1 aliphatic heterocycles. The largest absolute Gasteiger partial charge is 0.479 e. The first-order valence-corrected chi connectivity index (χ1v) is 17.4. The molecule has 1 saturated heterocycles. The molecule has 1 aliphatic rings. The molecule has 1 fully saturated rings. The van der Waals surface area contributed by atoms with Crippen LogP contribution in [0.3, 0.4) is 0 Å². The Bertz CT molecular complexity index is 650. The maximum absolute atomic E-state index is 12.5. The number of carboxylic acids is 1. The second-order valence-corrected chi connectivity index (χ2v) is 21.5. The van der Waals surface area contributed by atoms with Crippen LogP contribution in [0.4, 0.5) is 0 Å². The monoisotopic (exact) mass is 490 g/mol. The molecule has 9 heteroatoms. The summed E-state index contributed by atoms with van der Waals surface area (Å²) in [6, 6.07) is 0. The fraction of sp³-hybridized carbons (Fsp3) is 0.913. The fourth-order valence-corrected chi connectivity index (χ4v) is 5.73. The van der Waals surface area contributed by atoms with Crippen LogP contribution in [0.1, 0.15) is 67.2 Å². The van der Waals surface area contributed by atoms with E-state index >= 15 is 0 Å². The van der Waals surface area contributed by atoms with Gasteiger partial charge in [0.1, 0.15) is 6.10 Å². The van der Waals surface area contributed by atoms with Crippen LogP contribution >= 0.6 is 0 Å². The summed E-state index contributed by atoms with van der Waals surface area (Å²) in [6.45, 7) is 21.0. The van der Waals surface area contributed by atoms with Gasteiger partial charge in [0, 0.05) is 0 Å². The Balaban J connectivity index is 3.34. The van der Waals surface area contributed by atoms with Crippen molar-refractivity contribution in [3.05, 3.63) is 0 Å². The fourth-order valence-electron chi connectivity index (χ4n) is 3.19. The molecule has 0 spiro atoms. The third kappa shape index (κ3) is 7.65. The Morgan fingerprint density at radius 1 is 0.969 bits per heavy atom. The highest BCUT2D eigenvalue weighted by atomic mass is 28.4. The van der Waals surface area contributed by atoms with Crippen LogP contribution in [0.5, 0.6) is 0 Å². The molecule has 7 nitrogen and oxygen atoms in total. The van der Waals surface area contributed by atoms with Gasteiger partial charge in [-0.25, -0.2) is 4.79 Å². The lowest BCUT2D eigenvalue weighted by Gasteiger charge is -2.47. The number of carbonyl (C=O) groups is 2. The summed E-state index contributed by atoms with van der Waals surface area (Å²) in [5.41, 5.74) is 0. The van der Waals surface area contributed by atoms with Gasteiger partial charge in [0.25, 0.3) is 0 Å². The van der Waals surface area contributed by atoms with E-state index in [1.54, 1.807) is 0 Å². The number of carboxylic acid groups (broad SMARTS) is 1. The average molecular weight is 491 g/mol. The van der Waals surface area contributed by atoms with Gasteiger partial charge in [-0.2, -0.15) is 0 Å². The SMILES string of the molecule is COC(=O)C[C@H]1CCC[C@@H](C(O[Si](C)(C)C(C)(C)C)C(O[Si](C)(C)C(C)(C)C)C(=O)O)O1. The van der Waals surface area contributed by atoms with Crippen molar-refractivity contribution in [3.8, 4) is 0 Å².